The number of anilines is 1. The Morgan fingerprint density at radius 2 is 1.80 bits per heavy atom. The molecule has 6 heteroatoms. The number of benzene rings is 2. The number of ether oxygens (including phenoxy) is 1. The molecule has 0 saturated carbocycles. The van der Waals surface area contributed by atoms with Crippen LogP contribution in [0.15, 0.2) is 58.8 Å². The molecule has 5 nitrogen and oxygen atoms in total. The first-order valence-corrected chi connectivity index (χ1v) is 8.49. The fourth-order valence-electron chi connectivity index (χ4n) is 2.00. The Balaban J connectivity index is 1.91. The number of carbonyl (C=O) groups is 1. The van der Waals surface area contributed by atoms with Crippen molar-refractivity contribution in [3.05, 3.63) is 53.6 Å². The number of likely N-dealkylation sites (N-methyl/N-ethyl adjacent to an activating group) is 1. The number of esters is 1. The van der Waals surface area contributed by atoms with Crippen molar-refractivity contribution in [2.45, 2.75) is 13.8 Å². The Kier molecular flexibility index (Phi) is 6.95. The molecule has 0 spiro atoms. The van der Waals surface area contributed by atoms with Crippen LogP contribution in [0, 0.1) is 5.92 Å². The monoisotopic (exact) mass is 359 g/mol. The lowest BCUT2D eigenvalue weighted by Gasteiger charge is -2.19. The highest BCUT2D eigenvalue weighted by atomic mass is 35.5. The lowest BCUT2D eigenvalue weighted by Crippen LogP contribution is -2.25. The molecule has 0 amide bonds. The number of carbonyl (C=O) groups excluding carboxylic acids is 1. The van der Waals surface area contributed by atoms with Gasteiger partial charge in [0.15, 0.2) is 0 Å². The third-order valence-corrected chi connectivity index (χ3v) is 3.88. The molecule has 0 aliphatic rings. The molecule has 0 N–H and O–H groups in total. The zero-order chi connectivity index (χ0) is 18.2. The van der Waals surface area contributed by atoms with Crippen LogP contribution in [0.5, 0.6) is 0 Å². The topological polar surface area (TPSA) is 54.3 Å². The average molecular weight is 360 g/mol. The highest BCUT2D eigenvalue weighted by molar-refractivity contribution is 6.32. The summed E-state index contributed by atoms with van der Waals surface area (Å²) in [5.41, 5.74) is 2.39. The van der Waals surface area contributed by atoms with Crippen molar-refractivity contribution >= 4 is 34.6 Å². The SMILES string of the molecule is CC(C)C(=O)OCCN(C)c1ccc(N=Nc2ccccc2Cl)cc1. The van der Waals surface area contributed by atoms with E-state index in [1.165, 1.54) is 0 Å². The predicted octanol–water partition coefficient (Wildman–Crippen LogP) is 5.39. The largest absolute Gasteiger partial charge is 0.464 e. The first-order chi connectivity index (χ1) is 12.0. The Morgan fingerprint density at radius 1 is 1.12 bits per heavy atom. The normalized spacial score (nSPS) is 11.1. The van der Waals surface area contributed by atoms with Crippen molar-refractivity contribution < 1.29 is 9.53 Å². The van der Waals surface area contributed by atoms with Gasteiger partial charge in [-0.25, -0.2) is 0 Å². The second-order valence-electron chi connectivity index (χ2n) is 5.91. The lowest BCUT2D eigenvalue weighted by atomic mass is 10.2. The summed E-state index contributed by atoms with van der Waals surface area (Å²) in [6, 6.07) is 15.0. The lowest BCUT2D eigenvalue weighted by molar-refractivity contribution is -0.146. The second-order valence-corrected chi connectivity index (χ2v) is 6.32. The summed E-state index contributed by atoms with van der Waals surface area (Å²) in [6.45, 7) is 4.63. The summed E-state index contributed by atoms with van der Waals surface area (Å²) in [7, 11) is 1.95. The van der Waals surface area contributed by atoms with Crippen LogP contribution in [0.1, 0.15) is 13.8 Å². The molecular weight excluding hydrogens is 338 g/mol. The minimum Gasteiger partial charge on any atom is -0.464 e. The van der Waals surface area contributed by atoms with E-state index in [4.69, 9.17) is 16.3 Å². The molecule has 2 aromatic carbocycles. The summed E-state index contributed by atoms with van der Waals surface area (Å²) >= 11 is 6.05. The molecule has 0 heterocycles. The first kappa shape index (κ1) is 18.9. The summed E-state index contributed by atoms with van der Waals surface area (Å²) in [6.07, 6.45) is 0. The van der Waals surface area contributed by atoms with Crippen molar-refractivity contribution in [2.24, 2.45) is 16.1 Å². The summed E-state index contributed by atoms with van der Waals surface area (Å²) < 4.78 is 5.19. The zero-order valence-corrected chi connectivity index (χ0v) is 15.4. The molecule has 0 bridgehead atoms. The van der Waals surface area contributed by atoms with Gasteiger partial charge in [0.1, 0.15) is 12.3 Å². The molecular formula is C19H22ClN3O2. The highest BCUT2D eigenvalue weighted by Gasteiger charge is 2.08. The van der Waals surface area contributed by atoms with Crippen molar-refractivity contribution in [1.82, 2.24) is 0 Å². The van der Waals surface area contributed by atoms with Crippen molar-refractivity contribution in [1.29, 1.82) is 0 Å². The van der Waals surface area contributed by atoms with Gasteiger partial charge in [0.2, 0.25) is 0 Å². The molecule has 132 valence electrons. The highest BCUT2D eigenvalue weighted by Crippen LogP contribution is 2.26. The molecule has 0 fully saturated rings. The third kappa shape index (κ3) is 5.87. The summed E-state index contributed by atoms with van der Waals surface area (Å²) in [5.74, 6) is -0.281. The van der Waals surface area contributed by atoms with Crippen LogP contribution in [-0.2, 0) is 9.53 Å². The maximum atomic E-state index is 11.4. The van der Waals surface area contributed by atoms with Gasteiger partial charge in [0.25, 0.3) is 0 Å². The van der Waals surface area contributed by atoms with E-state index in [1.54, 1.807) is 6.07 Å². The zero-order valence-electron chi connectivity index (χ0n) is 14.6. The van der Waals surface area contributed by atoms with E-state index in [0.29, 0.717) is 23.9 Å². The Hall–Kier alpha value is -2.40. The van der Waals surface area contributed by atoms with E-state index in [2.05, 4.69) is 10.2 Å². The van der Waals surface area contributed by atoms with Gasteiger partial charge in [-0.1, -0.05) is 37.6 Å². The maximum absolute atomic E-state index is 11.4. The van der Waals surface area contributed by atoms with Crippen LogP contribution in [-0.4, -0.2) is 26.2 Å². The Morgan fingerprint density at radius 3 is 2.44 bits per heavy atom. The third-order valence-electron chi connectivity index (χ3n) is 3.56. The van der Waals surface area contributed by atoms with Crippen LogP contribution in [0.25, 0.3) is 0 Å². The number of azo groups is 1. The van der Waals surface area contributed by atoms with Crippen LogP contribution in [0.3, 0.4) is 0 Å². The van der Waals surface area contributed by atoms with E-state index in [1.807, 2.05) is 68.3 Å². The summed E-state index contributed by atoms with van der Waals surface area (Å²) in [4.78, 5) is 13.5. The maximum Gasteiger partial charge on any atom is 0.308 e. The minimum absolute atomic E-state index is 0.104. The standard InChI is InChI=1S/C19H22ClN3O2/c1-14(2)19(24)25-13-12-23(3)16-10-8-15(9-11-16)21-22-18-7-5-4-6-17(18)20/h4-11,14H,12-13H2,1-3H3. The summed E-state index contributed by atoms with van der Waals surface area (Å²) in [5, 5.41) is 8.92. The number of nitrogens with zero attached hydrogens (tertiary/aromatic N) is 3. The van der Waals surface area contributed by atoms with E-state index in [-0.39, 0.29) is 11.9 Å². The Bertz CT molecular complexity index is 730. The van der Waals surface area contributed by atoms with E-state index in [0.717, 1.165) is 11.4 Å². The van der Waals surface area contributed by atoms with Gasteiger partial charge < -0.3 is 9.64 Å². The molecule has 0 aliphatic carbocycles. The molecule has 0 atom stereocenters. The molecule has 0 aliphatic heterocycles. The molecule has 2 rings (SSSR count). The molecule has 0 saturated heterocycles. The van der Waals surface area contributed by atoms with E-state index < -0.39 is 0 Å². The molecule has 0 aromatic heterocycles. The van der Waals surface area contributed by atoms with Crippen LogP contribution in [0.2, 0.25) is 5.02 Å². The van der Waals surface area contributed by atoms with Gasteiger partial charge in [-0.05, 0) is 36.4 Å². The van der Waals surface area contributed by atoms with Crippen molar-refractivity contribution in [3.8, 4) is 0 Å². The molecule has 2 aromatic rings. The number of rotatable bonds is 7. The van der Waals surface area contributed by atoms with E-state index in [9.17, 15) is 4.79 Å². The number of hydrogen-bond acceptors (Lipinski definition) is 5. The van der Waals surface area contributed by atoms with Gasteiger partial charge in [-0.15, -0.1) is 5.11 Å². The molecule has 0 radical (unpaired) electrons. The average Bonchev–Trinajstić information content (AvgIpc) is 2.61. The number of halogens is 1. The fraction of sp³-hybridized carbons (Fsp3) is 0.316. The fourth-order valence-corrected chi connectivity index (χ4v) is 2.17. The van der Waals surface area contributed by atoms with Gasteiger partial charge in [-0.2, -0.15) is 5.11 Å². The number of hydrogen-bond donors (Lipinski definition) is 0. The quantitative estimate of drug-likeness (QED) is 0.492. The predicted molar refractivity (Wildman–Crippen MR) is 101 cm³/mol. The van der Waals surface area contributed by atoms with E-state index >= 15 is 0 Å². The van der Waals surface area contributed by atoms with Gasteiger partial charge in [0, 0.05) is 12.7 Å². The van der Waals surface area contributed by atoms with Gasteiger partial charge in [0.05, 0.1) is 23.2 Å². The van der Waals surface area contributed by atoms with Gasteiger partial charge >= 0.3 is 5.97 Å². The van der Waals surface area contributed by atoms with Crippen LogP contribution in [0.4, 0.5) is 17.1 Å². The molecule has 25 heavy (non-hydrogen) atoms. The van der Waals surface area contributed by atoms with Crippen molar-refractivity contribution in [2.75, 3.05) is 25.1 Å². The second kappa shape index (κ2) is 9.18. The van der Waals surface area contributed by atoms with Crippen LogP contribution < -0.4 is 4.90 Å². The van der Waals surface area contributed by atoms with Crippen molar-refractivity contribution in [3.63, 3.8) is 0 Å². The smallest absolute Gasteiger partial charge is 0.308 e. The van der Waals surface area contributed by atoms with Gasteiger partial charge in [-0.3, -0.25) is 4.79 Å². The van der Waals surface area contributed by atoms with Crippen LogP contribution >= 0.6 is 11.6 Å². The minimum atomic E-state index is -0.177. The Labute approximate surface area is 153 Å². The first-order valence-electron chi connectivity index (χ1n) is 8.11. The molecule has 0 unspecified atom stereocenters.